The van der Waals surface area contributed by atoms with E-state index in [1.807, 2.05) is 18.3 Å². The topological polar surface area (TPSA) is 191 Å². The Morgan fingerprint density at radius 1 is 0.740 bits per heavy atom. The maximum absolute atomic E-state index is 13.2. The number of nitrogen functional groups attached to an aromatic ring is 1. The minimum Gasteiger partial charge on any atom is -0.445 e. The quantitative estimate of drug-likeness (QED) is 0.112. The van der Waals surface area contributed by atoms with Gasteiger partial charge in [0.2, 0.25) is 11.8 Å². The number of benzene rings is 2. The number of hydrogen-bond acceptors (Lipinski definition) is 7. The molecule has 0 aliphatic carbocycles. The smallest absolute Gasteiger partial charge is 0.408 e. The number of ether oxygens (including phenoxy) is 1. The first-order chi connectivity index (χ1) is 23.7. The Hall–Kier alpha value is -6.31. The van der Waals surface area contributed by atoms with Crippen LogP contribution in [0.2, 0.25) is 0 Å². The molecule has 7 N–H and O–H groups in total. The van der Waals surface area contributed by atoms with Crippen molar-refractivity contribution in [3.05, 3.63) is 97.1 Å². The molecule has 0 saturated heterocycles. The van der Waals surface area contributed by atoms with Crippen LogP contribution in [0.1, 0.15) is 41.7 Å². The van der Waals surface area contributed by atoms with E-state index < -0.39 is 30.0 Å². The summed E-state index contributed by atoms with van der Waals surface area (Å²) in [5.41, 5.74) is 10.4. The predicted molar refractivity (Wildman–Crippen MR) is 193 cm³/mol. The summed E-state index contributed by atoms with van der Waals surface area (Å²) in [5, 5.41) is 13.6. The molecule has 4 aromatic rings. The standard InChI is InChI=1S/C36H42N8O6/c1-7-16-50-36(49)42-31(21(2)3)35(48)38-22(4)32(45)39-27-12-14-28(15-13-27)41-33(46)29-17-24(19-43(29)5)23-8-10-26(11-9-23)40-34(47)30-18-25(37)20-44(30)6/h7-15,17-22,31H,1,16,37H2,2-6H3,(H,38,48)(H,39,45)(H,40,47)(H,41,46)(H,42,49)/t22-,31-/m0/s1. The molecule has 14 nitrogen and oxygen atoms in total. The maximum Gasteiger partial charge on any atom is 0.408 e. The predicted octanol–water partition coefficient (Wildman–Crippen LogP) is 4.50. The normalized spacial score (nSPS) is 12.0. The fourth-order valence-electron chi connectivity index (χ4n) is 4.99. The van der Waals surface area contributed by atoms with Crippen LogP contribution in [0, 0.1) is 5.92 Å². The Bertz CT molecular complexity index is 1870. The van der Waals surface area contributed by atoms with Crippen LogP contribution in [0.3, 0.4) is 0 Å². The number of amides is 5. The van der Waals surface area contributed by atoms with E-state index in [0.717, 1.165) is 11.1 Å². The molecule has 50 heavy (non-hydrogen) atoms. The average molecular weight is 683 g/mol. The summed E-state index contributed by atoms with van der Waals surface area (Å²) in [4.78, 5) is 63.3. The van der Waals surface area contributed by atoms with E-state index in [1.165, 1.54) is 13.0 Å². The van der Waals surface area contributed by atoms with E-state index in [9.17, 15) is 24.0 Å². The lowest BCUT2D eigenvalue weighted by Crippen LogP contribution is -2.53. The number of aromatic nitrogens is 2. The van der Waals surface area contributed by atoms with Gasteiger partial charge < -0.3 is 46.2 Å². The zero-order valence-electron chi connectivity index (χ0n) is 28.6. The van der Waals surface area contributed by atoms with Crippen molar-refractivity contribution in [1.29, 1.82) is 0 Å². The van der Waals surface area contributed by atoms with Crippen molar-refractivity contribution in [2.45, 2.75) is 32.9 Å². The van der Waals surface area contributed by atoms with Gasteiger partial charge in [0.05, 0.1) is 5.69 Å². The molecule has 4 rings (SSSR count). The minimum atomic E-state index is -0.912. The molecule has 0 bridgehead atoms. The fourth-order valence-corrected chi connectivity index (χ4v) is 4.99. The summed E-state index contributed by atoms with van der Waals surface area (Å²) in [6, 6.07) is 15.4. The van der Waals surface area contributed by atoms with E-state index in [1.54, 1.807) is 91.8 Å². The first-order valence-corrected chi connectivity index (χ1v) is 15.8. The highest BCUT2D eigenvalue weighted by Gasteiger charge is 2.27. The van der Waals surface area contributed by atoms with Gasteiger partial charge in [-0.2, -0.15) is 0 Å². The number of carbonyl (C=O) groups excluding carboxylic acids is 5. The van der Waals surface area contributed by atoms with Crippen LogP contribution >= 0.6 is 0 Å². The fraction of sp³-hybridized carbons (Fsp3) is 0.250. The average Bonchev–Trinajstić information content (AvgIpc) is 3.64. The zero-order chi connectivity index (χ0) is 36.5. The van der Waals surface area contributed by atoms with Crippen LogP contribution in [0.25, 0.3) is 11.1 Å². The van der Waals surface area contributed by atoms with Crippen molar-refractivity contribution in [3.63, 3.8) is 0 Å². The van der Waals surface area contributed by atoms with Gasteiger partial charge in [0.1, 0.15) is 30.1 Å². The lowest BCUT2D eigenvalue weighted by Gasteiger charge is -2.23. The molecular weight excluding hydrogens is 640 g/mol. The van der Waals surface area contributed by atoms with E-state index in [0.29, 0.717) is 34.1 Å². The molecule has 0 fully saturated rings. The second-order valence-corrected chi connectivity index (χ2v) is 12.0. The first-order valence-electron chi connectivity index (χ1n) is 15.8. The summed E-state index contributed by atoms with van der Waals surface area (Å²) in [5.74, 6) is -1.88. The van der Waals surface area contributed by atoms with Crippen LogP contribution in [0.4, 0.5) is 27.5 Å². The number of rotatable bonds is 13. The van der Waals surface area contributed by atoms with E-state index in [-0.39, 0.29) is 24.3 Å². The third kappa shape index (κ3) is 9.40. The third-order valence-electron chi connectivity index (χ3n) is 7.69. The van der Waals surface area contributed by atoms with Crippen molar-refractivity contribution < 1.29 is 28.7 Å². The monoisotopic (exact) mass is 682 g/mol. The number of nitrogens with two attached hydrogens (primary N) is 1. The Morgan fingerprint density at radius 3 is 1.78 bits per heavy atom. The number of hydrogen-bond donors (Lipinski definition) is 6. The molecule has 0 aliphatic heterocycles. The largest absolute Gasteiger partial charge is 0.445 e. The molecule has 0 radical (unpaired) electrons. The van der Waals surface area contributed by atoms with E-state index in [2.05, 4.69) is 33.2 Å². The lowest BCUT2D eigenvalue weighted by atomic mass is 10.0. The molecule has 2 atom stereocenters. The Labute approximate surface area is 290 Å². The van der Waals surface area contributed by atoms with Crippen LogP contribution < -0.4 is 32.3 Å². The minimum absolute atomic E-state index is 0.000850. The van der Waals surface area contributed by atoms with Crippen LogP contribution in [-0.4, -0.2) is 57.5 Å². The van der Waals surface area contributed by atoms with Crippen molar-refractivity contribution in [2.24, 2.45) is 20.0 Å². The molecule has 0 aliphatic rings. The van der Waals surface area contributed by atoms with Crippen LogP contribution in [-0.2, 0) is 28.4 Å². The Balaban J connectivity index is 1.31. The number of aryl methyl sites for hydroxylation is 2. The molecule has 5 amide bonds. The summed E-state index contributed by atoms with van der Waals surface area (Å²) in [6.07, 6.45) is 4.15. The van der Waals surface area contributed by atoms with Gasteiger partial charge in [0.25, 0.3) is 11.8 Å². The van der Waals surface area contributed by atoms with Crippen molar-refractivity contribution in [3.8, 4) is 11.1 Å². The second-order valence-electron chi connectivity index (χ2n) is 12.0. The van der Waals surface area contributed by atoms with Crippen molar-refractivity contribution in [2.75, 3.05) is 28.3 Å². The summed E-state index contributed by atoms with van der Waals surface area (Å²) < 4.78 is 8.27. The van der Waals surface area contributed by atoms with Gasteiger partial charge in [-0.3, -0.25) is 19.2 Å². The van der Waals surface area contributed by atoms with E-state index in [4.69, 9.17) is 10.5 Å². The highest BCUT2D eigenvalue weighted by Crippen LogP contribution is 2.25. The molecule has 2 aromatic carbocycles. The molecule has 2 heterocycles. The number of nitrogens with zero attached hydrogens (tertiary/aromatic N) is 2. The first kappa shape index (κ1) is 36.5. The molecule has 0 spiro atoms. The molecule has 2 aromatic heterocycles. The molecule has 0 saturated carbocycles. The van der Waals surface area contributed by atoms with Crippen LogP contribution in [0.5, 0.6) is 0 Å². The summed E-state index contributed by atoms with van der Waals surface area (Å²) >= 11 is 0. The molecule has 0 unspecified atom stereocenters. The van der Waals surface area contributed by atoms with Crippen molar-refractivity contribution in [1.82, 2.24) is 19.8 Å². The third-order valence-corrected chi connectivity index (χ3v) is 7.69. The summed E-state index contributed by atoms with van der Waals surface area (Å²) in [6.45, 7) is 8.51. The van der Waals surface area contributed by atoms with Crippen LogP contribution in [0.15, 0.2) is 85.7 Å². The number of anilines is 4. The number of nitrogens with one attached hydrogen (secondary N) is 5. The van der Waals surface area contributed by atoms with E-state index >= 15 is 0 Å². The molecule has 14 heteroatoms. The Morgan fingerprint density at radius 2 is 1.26 bits per heavy atom. The van der Waals surface area contributed by atoms with Gasteiger partial charge in [-0.15, -0.1) is 0 Å². The maximum atomic E-state index is 13.2. The SMILES string of the molecule is C=CCOC(=O)N[C@H](C(=O)N[C@@H](C)C(=O)Nc1ccc(NC(=O)c2cc(-c3ccc(NC(=O)c4cc(N)cn4C)cc3)cn2C)cc1)C(C)C. The van der Waals surface area contributed by atoms with Crippen molar-refractivity contribution >= 4 is 52.5 Å². The van der Waals surface area contributed by atoms with Gasteiger partial charge in [-0.25, -0.2) is 4.79 Å². The van der Waals surface area contributed by atoms with Gasteiger partial charge in [-0.05, 0) is 66.9 Å². The molecule has 262 valence electrons. The zero-order valence-corrected chi connectivity index (χ0v) is 28.6. The summed E-state index contributed by atoms with van der Waals surface area (Å²) in [7, 11) is 3.52. The highest BCUT2D eigenvalue weighted by atomic mass is 16.5. The number of alkyl carbamates (subject to hydrolysis) is 1. The highest BCUT2D eigenvalue weighted by molar-refractivity contribution is 6.05. The number of carbonyl (C=O) groups is 5. The van der Waals surface area contributed by atoms with Gasteiger partial charge in [0, 0.05) is 49.1 Å². The van der Waals surface area contributed by atoms with Gasteiger partial charge in [-0.1, -0.05) is 38.6 Å². The molecular formula is C36H42N8O6. The second kappa shape index (κ2) is 16.2. The lowest BCUT2D eigenvalue weighted by molar-refractivity contribution is -0.128. The van der Waals surface area contributed by atoms with Gasteiger partial charge in [0.15, 0.2) is 0 Å². The van der Waals surface area contributed by atoms with Gasteiger partial charge >= 0.3 is 6.09 Å². The Kier molecular flexibility index (Phi) is 11.8.